The molecule has 0 bridgehead atoms. The van der Waals surface area contributed by atoms with Crippen molar-refractivity contribution in [1.82, 2.24) is 0 Å². The second-order valence-electron chi connectivity index (χ2n) is 5.29. The number of rotatable bonds is 5. The van der Waals surface area contributed by atoms with Gasteiger partial charge in [-0.15, -0.1) is 0 Å². The molecule has 0 atom stereocenters. The lowest BCUT2D eigenvalue weighted by molar-refractivity contribution is 0.383. The van der Waals surface area contributed by atoms with Crippen LogP contribution < -0.4 is 10.5 Å². The van der Waals surface area contributed by atoms with Crippen molar-refractivity contribution in [2.24, 2.45) is 0 Å². The molecule has 0 radical (unpaired) electrons. The molecule has 2 aromatic carbocycles. The Morgan fingerprint density at radius 3 is 2.45 bits per heavy atom. The van der Waals surface area contributed by atoms with Crippen LogP contribution in [0.3, 0.4) is 0 Å². The fourth-order valence-corrected chi connectivity index (χ4v) is 2.46. The van der Waals surface area contributed by atoms with Crippen LogP contribution in [0.4, 0.5) is 5.69 Å². The highest BCUT2D eigenvalue weighted by Crippen LogP contribution is 2.32. The summed E-state index contributed by atoms with van der Waals surface area (Å²) in [5.74, 6) is 0.873. The van der Waals surface area contributed by atoms with Crippen molar-refractivity contribution in [3.05, 3.63) is 54.6 Å². The van der Waals surface area contributed by atoms with Gasteiger partial charge in [-0.3, -0.25) is 0 Å². The molecule has 0 spiro atoms. The van der Waals surface area contributed by atoms with Crippen molar-refractivity contribution in [2.45, 2.75) is 13.1 Å². The van der Waals surface area contributed by atoms with E-state index in [0.29, 0.717) is 0 Å². The normalized spacial score (nSPS) is 10.6. The Morgan fingerprint density at radius 1 is 1.15 bits per heavy atom. The van der Waals surface area contributed by atoms with E-state index in [1.165, 1.54) is 0 Å². The van der Waals surface area contributed by atoms with Crippen molar-refractivity contribution in [2.75, 3.05) is 12.0 Å². The zero-order chi connectivity index (χ0) is 14.5. The Hall–Kier alpha value is -2.00. The van der Waals surface area contributed by atoms with Gasteiger partial charge in [0.2, 0.25) is 0 Å². The standard InChI is InChI=1S/C17H21NOSi/c1-4-13-5-7-14(8-6-13)16-10-9-15(18)11-17(16)19-12-20(2)3/h4-11,20H,1,12,18H2,2-3H3. The summed E-state index contributed by atoms with van der Waals surface area (Å²) in [4.78, 5) is 0. The zero-order valence-corrected chi connectivity index (χ0v) is 13.3. The highest BCUT2D eigenvalue weighted by molar-refractivity contribution is 6.55. The summed E-state index contributed by atoms with van der Waals surface area (Å²) in [6.07, 6.45) is 2.66. The van der Waals surface area contributed by atoms with Gasteiger partial charge < -0.3 is 10.5 Å². The van der Waals surface area contributed by atoms with E-state index in [0.717, 1.165) is 34.4 Å². The second kappa shape index (κ2) is 6.44. The molecule has 0 fully saturated rings. The fourth-order valence-electron chi connectivity index (χ4n) is 1.95. The minimum Gasteiger partial charge on any atom is -0.497 e. The van der Waals surface area contributed by atoms with Crippen LogP contribution in [0.25, 0.3) is 17.2 Å². The molecule has 2 rings (SSSR count). The summed E-state index contributed by atoms with van der Waals surface area (Å²) in [5.41, 5.74) is 9.94. The Bertz CT molecular complexity index is 590. The summed E-state index contributed by atoms with van der Waals surface area (Å²) in [6, 6.07) is 14.1. The van der Waals surface area contributed by atoms with Crippen molar-refractivity contribution in [1.29, 1.82) is 0 Å². The maximum absolute atomic E-state index is 5.95. The molecule has 2 N–H and O–H groups in total. The summed E-state index contributed by atoms with van der Waals surface area (Å²) in [5, 5.41) is 0. The summed E-state index contributed by atoms with van der Waals surface area (Å²) in [6.45, 7) is 8.31. The van der Waals surface area contributed by atoms with Crippen LogP contribution >= 0.6 is 0 Å². The van der Waals surface area contributed by atoms with E-state index in [1.807, 2.05) is 24.3 Å². The molecular formula is C17H21NOSi. The van der Waals surface area contributed by atoms with Crippen LogP contribution in [0.5, 0.6) is 5.75 Å². The summed E-state index contributed by atoms with van der Waals surface area (Å²) < 4.78 is 5.95. The van der Waals surface area contributed by atoms with Crippen LogP contribution in [0.1, 0.15) is 5.56 Å². The molecule has 0 aromatic heterocycles. The quantitative estimate of drug-likeness (QED) is 0.665. The Morgan fingerprint density at radius 2 is 1.85 bits per heavy atom. The van der Waals surface area contributed by atoms with Gasteiger partial charge in [0, 0.05) is 17.3 Å². The molecule has 0 aliphatic heterocycles. The average Bonchev–Trinajstić information content (AvgIpc) is 2.45. The largest absolute Gasteiger partial charge is 0.497 e. The first kappa shape index (κ1) is 14.4. The summed E-state index contributed by atoms with van der Waals surface area (Å²) in [7, 11) is -0.760. The number of ether oxygens (including phenoxy) is 1. The maximum atomic E-state index is 5.95. The predicted molar refractivity (Wildman–Crippen MR) is 90.8 cm³/mol. The van der Waals surface area contributed by atoms with E-state index >= 15 is 0 Å². The number of nitrogen functional groups attached to an aromatic ring is 1. The topological polar surface area (TPSA) is 35.2 Å². The number of benzene rings is 2. The first-order valence-electron chi connectivity index (χ1n) is 6.85. The minimum atomic E-state index is -0.760. The first-order chi connectivity index (χ1) is 9.60. The third-order valence-electron chi connectivity index (χ3n) is 3.04. The third kappa shape index (κ3) is 3.51. The van der Waals surface area contributed by atoms with Crippen molar-refractivity contribution >= 4 is 20.6 Å². The Kier molecular flexibility index (Phi) is 4.64. The molecule has 20 heavy (non-hydrogen) atoms. The van der Waals surface area contributed by atoms with Crippen molar-refractivity contribution < 1.29 is 4.74 Å². The number of hydrogen-bond acceptors (Lipinski definition) is 2. The minimum absolute atomic E-state index is 0.733. The van der Waals surface area contributed by atoms with E-state index in [-0.39, 0.29) is 0 Å². The molecule has 104 valence electrons. The molecule has 0 unspecified atom stereocenters. The van der Waals surface area contributed by atoms with Gasteiger partial charge in [-0.2, -0.15) is 0 Å². The number of hydrogen-bond donors (Lipinski definition) is 1. The third-order valence-corrected chi connectivity index (χ3v) is 3.87. The molecule has 0 amide bonds. The monoisotopic (exact) mass is 283 g/mol. The molecule has 2 aromatic rings. The number of anilines is 1. The fraction of sp³-hybridized carbons (Fsp3) is 0.176. The van der Waals surface area contributed by atoms with E-state index < -0.39 is 8.80 Å². The second-order valence-corrected chi connectivity index (χ2v) is 8.41. The molecule has 2 nitrogen and oxygen atoms in total. The van der Waals surface area contributed by atoms with Crippen LogP contribution in [-0.4, -0.2) is 15.0 Å². The highest BCUT2D eigenvalue weighted by Gasteiger charge is 2.08. The van der Waals surface area contributed by atoms with Gasteiger partial charge >= 0.3 is 0 Å². The molecule has 3 heteroatoms. The van der Waals surface area contributed by atoms with Crippen LogP contribution in [0, 0.1) is 0 Å². The first-order valence-corrected chi connectivity index (χ1v) is 9.98. The van der Waals surface area contributed by atoms with Gasteiger partial charge in [0.1, 0.15) is 5.75 Å². The maximum Gasteiger partial charge on any atom is 0.128 e. The van der Waals surface area contributed by atoms with E-state index in [9.17, 15) is 0 Å². The molecule has 0 heterocycles. The van der Waals surface area contributed by atoms with E-state index in [1.54, 1.807) is 0 Å². The zero-order valence-electron chi connectivity index (χ0n) is 12.1. The van der Waals surface area contributed by atoms with Gasteiger partial charge in [0.25, 0.3) is 0 Å². The smallest absolute Gasteiger partial charge is 0.128 e. The van der Waals surface area contributed by atoms with Gasteiger partial charge in [-0.25, -0.2) is 0 Å². The lowest BCUT2D eigenvalue weighted by atomic mass is 10.0. The molecule has 0 saturated heterocycles. The SMILES string of the molecule is C=Cc1ccc(-c2ccc(N)cc2OC[SiH](C)C)cc1. The molecular weight excluding hydrogens is 262 g/mol. The van der Waals surface area contributed by atoms with Gasteiger partial charge in [-0.1, -0.05) is 50.0 Å². The number of nitrogens with two attached hydrogens (primary N) is 1. The lowest BCUT2D eigenvalue weighted by Crippen LogP contribution is -2.14. The lowest BCUT2D eigenvalue weighted by Gasteiger charge is -2.14. The van der Waals surface area contributed by atoms with E-state index in [4.69, 9.17) is 10.5 Å². The molecule has 0 aliphatic rings. The van der Waals surface area contributed by atoms with Crippen LogP contribution in [0.15, 0.2) is 49.0 Å². The highest BCUT2D eigenvalue weighted by atomic mass is 28.3. The molecule has 0 saturated carbocycles. The van der Waals surface area contributed by atoms with Crippen molar-refractivity contribution in [3.8, 4) is 16.9 Å². The van der Waals surface area contributed by atoms with Gasteiger partial charge in [-0.05, 0) is 23.3 Å². The van der Waals surface area contributed by atoms with Gasteiger partial charge in [0.15, 0.2) is 0 Å². The van der Waals surface area contributed by atoms with Crippen LogP contribution in [0.2, 0.25) is 13.1 Å². The Labute approximate surface area is 122 Å². The average molecular weight is 283 g/mol. The Balaban J connectivity index is 2.35. The van der Waals surface area contributed by atoms with Crippen molar-refractivity contribution in [3.63, 3.8) is 0 Å². The molecule has 0 aliphatic carbocycles. The summed E-state index contributed by atoms with van der Waals surface area (Å²) >= 11 is 0. The van der Waals surface area contributed by atoms with Gasteiger partial charge in [0.05, 0.1) is 15.0 Å². The predicted octanol–water partition coefficient (Wildman–Crippen LogP) is 3.98. The van der Waals surface area contributed by atoms with E-state index in [2.05, 4.69) is 43.9 Å². The van der Waals surface area contributed by atoms with Crippen LogP contribution in [-0.2, 0) is 0 Å².